The monoisotopic (exact) mass is 402 g/mol. The summed E-state index contributed by atoms with van der Waals surface area (Å²) in [6.45, 7) is 7.03. The topological polar surface area (TPSA) is 67.9 Å². The van der Waals surface area contributed by atoms with Gasteiger partial charge in [0.1, 0.15) is 11.4 Å². The Morgan fingerprint density at radius 1 is 1.14 bits per heavy atom. The van der Waals surface area contributed by atoms with Gasteiger partial charge in [0.25, 0.3) is 0 Å². The zero-order chi connectivity index (χ0) is 20.9. The third-order valence-electron chi connectivity index (χ3n) is 5.46. The van der Waals surface area contributed by atoms with Gasteiger partial charge in [-0.15, -0.1) is 0 Å². The van der Waals surface area contributed by atoms with Crippen LogP contribution < -0.4 is 15.0 Å². The van der Waals surface area contributed by atoms with Gasteiger partial charge >= 0.3 is 6.09 Å². The van der Waals surface area contributed by atoms with E-state index >= 15 is 0 Å². The van der Waals surface area contributed by atoms with Crippen molar-refractivity contribution in [2.24, 2.45) is 0 Å². The molecule has 160 valence electrons. The van der Waals surface area contributed by atoms with Crippen LogP contribution in [0, 0.1) is 0 Å². The molecule has 2 aliphatic rings. The van der Waals surface area contributed by atoms with Crippen molar-refractivity contribution in [1.82, 2.24) is 5.32 Å². The molecule has 1 saturated carbocycles. The molecule has 1 aromatic rings. The predicted octanol–water partition coefficient (Wildman–Crippen LogP) is 4.70. The molecular formula is C23H34N2O4. The number of aldehydes is 1. The fourth-order valence-electron chi connectivity index (χ4n) is 4.20. The number of benzene rings is 1. The number of rotatable bonds is 5. The van der Waals surface area contributed by atoms with Gasteiger partial charge in [-0.1, -0.05) is 12.5 Å². The quantitative estimate of drug-likeness (QED) is 0.723. The normalized spacial score (nSPS) is 20.8. The number of piperidine rings is 1. The maximum Gasteiger partial charge on any atom is 0.407 e. The highest BCUT2D eigenvalue weighted by Crippen LogP contribution is 2.36. The summed E-state index contributed by atoms with van der Waals surface area (Å²) >= 11 is 0. The van der Waals surface area contributed by atoms with Crippen LogP contribution >= 0.6 is 0 Å². The highest BCUT2D eigenvalue weighted by atomic mass is 16.6. The Morgan fingerprint density at radius 2 is 1.90 bits per heavy atom. The van der Waals surface area contributed by atoms with Gasteiger partial charge in [0.15, 0.2) is 6.29 Å². The van der Waals surface area contributed by atoms with Crippen molar-refractivity contribution in [3.05, 3.63) is 23.8 Å². The van der Waals surface area contributed by atoms with Crippen LogP contribution in [0.4, 0.5) is 10.5 Å². The lowest BCUT2D eigenvalue weighted by Crippen LogP contribution is -2.49. The van der Waals surface area contributed by atoms with Crippen LogP contribution in [0.3, 0.4) is 0 Å². The number of alkyl carbamates (subject to hydrolysis) is 1. The van der Waals surface area contributed by atoms with E-state index in [1.165, 1.54) is 19.3 Å². The number of amides is 1. The third kappa shape index (κ3) is 6.12. The van der Waals surface area contributed by atoms with Gasteiger partial charge in [0.05, 0.1) is 11.8 Å². The Hall–Kier alpha value is -2.24. The summed E-state index contributed by atoms with van der Waals surface area (Å²) in [7, 11) is 0. The van der Waals surface area contributed by atoms with Crippen molar-refractivity contribution in [1.29, 1.82) is 0 Å². The summed E-state index contributed by atoms with van der Waals surface area (Å²) in [5.74, 6) is 0.777. The third-order valence-corrected chi connectivity index (χ3v) is 5.46. The number of nitrogens with one attached hydrogen (secondary N) is 1. The Kier molecular flexibility index (Phi) is 7.04. The molecule has 1 saturated heterocycles. The first-order chi connectivity index (χ1) is 13.9. The zero-order valence-electron chi connectivity index (χ0n) is 17.9. The highest BCUT2D eigenvalue weighted by Gasteiger charge is 2.28. The lowest BCUT2D eigenvalue weighted by Gasteiger charge is -2.37. The van der Waals surface area contributed by atoms with E-state index in [0.717, 1.165) is 50.0 Å². The molecular weight excluding hydrogens is 368 g/mol. The number of hydrogen-bond acceptors (Lipinski definition) is 5. The van der Waals surface area contributed by atoms with Crippen molar-refractivity contribution in [2.45, 2.75) is 83.5 Å². The zero-order valence-corrected chi connectivity index (χ0v) is 17.9. The van der Waals surface area contributed by atoms with Gasteiger partial charge in [-0.2, -0.15) is 0 Å². The lowest BCUT2D eigenvalue weighted by atomic mass is 9.97. The molecule has 0 bridgehead atoms. The summed E-state index contributed by atoms with van der Waals surface area (Å²) in [6, 6.07) is 5.65. The van der Waals surface area contributed by atoms with E-state index in [1.807, 2.05) is 39.0 Å². The summed E-state index contributed by atoms with van der Waals surface area (Å²) < 4.78 is 11.8. The molecule has 3 rings (SSSR count). The van der Waals surface area contributed by atoms with E-state index in [9.17, 15) is 9.59 Å². The van der Waals surface area contributed by atoms with Crippen molar-refractivity contribution in [2.75, 3.05) is 18.0 Å². The van der Waals surface area contributed by atoms with Crippen LogP contribution in [0.1, 0.15) is 76.1 Å². The molecule has 6 heteroatoms. The molecule has 0 spiro atoms. The molecule has 0 radical (unpaired) electrons. The van der Waals surface area contributed by atoms with Gasteiger partial charge in [-0.25, -0.2) is 4.79 Å². The molecule has 1 N–H and O–H groups in total. The number of carbonyl (C=O) groups is 2. The average Bonchev–Trinajstić information content (AvgIpc) is 2.67. The highest BCUT2D eigenvalue weighted by molar-refractivity contribution is 5.87. The summed E-state index contributed by atoms with van der Waals surface area (Å²) in [5, 5.41) is 2.98. The molecule has 6 nitrogen and oxygen atoms in total. The molecule has 1 amide bonds. The van der Waals surface area contributed by atoms with Crippen LogP contribution in [-0.2, 0) is 4.74 Å². The minimum absolute atomic E-state index is 0.0270. The molecule has 1 heterocycles. The van der Waals surface area contributed by atoms with E-state index in [1.54, 1.807) is 0 Å². The number of nitrogens with zero attached hydrogens (tertiary/aromatic N) is 1. The lowest BCUT2D eigenvalue weighted by molar-refractivity contribution is 0.0499. The summed E-state index contributed by atoms with van der Waals surface area (Å²) in [5.41, 5.74) is 0.962. The van der Waals surface area contributed by atoms with Gasteiger partial charge in [-0.05, 0) is 71.4 Å². The first kappa shape index (κ1) is 21.5. The molecule has 29 heavy (non-hydrogen) atoms. The van der Waals surface area contributed by atoms with Crippen LogP contribution in [-0.4, -0.2) is 43.2 Å². The Balaban J connectivity index is 1.74. The van der Waals surface area contributed by atoms with E-state index in [2.05, 4.69) is 10.2 Å². The second-order valence-corrected chi connectivity index (χ2v) is 9.12. The van der Waals surface area contributed by atoms with Crippen LogP contribution in [0.25, 0.3) is 0 Å². The number of para-hydroxylation sites is 1. The Bertz CT molecular complexity index is 707. The second kappa shape index (κ2) is 9.51. The van der Waals surface area contributed by atoms with Gasteiger partial charge < -0.3 is 19.7 Å². The minimum atomic E-state index is -0.524. The summed E-state index contributed by atoms with van der Waals surface area (Å²) in [6.07, 6.45) is 8.31. The fraction of sp³-hybridized carbons (Fsp3) is 0.652. The molecule has 2 fully saturated rings. The van der Waals surface area contributed by atoms with E-state index < -0.39 is 11.7 Å². The number of hydrogen-bond donors (Lipinski definition) is 1. The first-order valence-corrected chi connectivity index (χ1v) is 10.8. The minimum Gasteiger partial charge on any atom is -0.488 e. The number of anilines is 1. The predicted molar refractivity (Wildman–Crippen MR) is 114 cm³/mol. The molecule has 1 aliphatic heterocycles. The Morgan fingerprint density at radius 3 is 2.59 bits per heavy atom. The van der Waals surface area contributed by atoms with E-state index in [-0.39, 0.29) is 12.1 Å². The molecule has 0 aromatic heterocycles. The van der Waals surface area contributed by atoms with Crippen molar-refractivity contribution < 1.29 is 19.1 Å². The molecule has 1 aromatic carbocycles. The Labute approximate surface area is 173 Å². The van der Waals surface area contributed by atoms with Crippen molar-refractivity contribution in [3.63, 3.8) is 0 Å². The van der Waals surface area contributed by atoms with Crippen LogP contribution in [0.2, 0.25) is 0 Å². The first-order valence-electron chi connectivity index (χ1n) is 10.8. The fourth-order valence-corrected chi connectivity index (χ4v) is 4.20. The van der Waals surface area contributed by atoms with Crippen LogP contribution in [0.15, 0.2) is 18.2 Å². The smallest absolute Gasteiger partial charge is 0.407 e. The maximum absolute atomic E-state index is 12.2. The van der Waals surface area contributed by atoms with Gasteiger partial charge in [-0.3, -0.25) is 4.79 Å². The van der Waals surface area contributed by atoms with Gasteiger partial charge in [0, 0.05) is 24.7 Å². The number of ether oxygens (including phenoxy) is 2. The average molecular weight is 403 g/mol. The van der Waals surface area contributed by atoms with E-state index in [0.29, 0.717) is 12.1 Å². The largest absolute Gasteiger partial charge is 0.488 e. The van der Waals surface area contributed by atoms with Crippen molar-refractivity contribution in [3.8, 4) is 5.75 Å². The second-order valence-electron chi connectivity index (χ2n) is 9.12. The maximum atomic E-state index is 12.2. The number of carbonyl (C=O) groups excluding carboxylic acids is 2. The molecule has 1 aliphatic carbocycles. The van der Waals surface area contributed by atoms with Crippen molar-refractivity contribution >= 4 is 18.1 Å². The van der Waals surface area contributed by atoms with Gasteiger partial charge in [0.2, 0.25) is 0 Å². The molecule has 1 atom stereocenters. The SMILES string of the molecule is CC(C)(C)OC(=O)NC1CCCN(c2c(C=O)cccc2OC2CCCCC2)C1. The standard InChI is InChI=1S/C23H34N2O4/c1-23(2,3)29-22(27)24-18-10-8-14-25(15-18)21-17(16-26)9-7-13-20(21)28-19-11-5-4-6-12-19/h7,9,13,16,18-19H,4-6,8,10-12,14-15H2,1-3H3,(H,24,27). The van der Waals surface area contributed by atoms with E-state index in [4.69, 9.17) is 9.47 Å². The summed E-state index contributed by atoms with van der Waals surface area (Å²) in [4.78, 5) is 26.1. The van der Waals surface area contributed by atoms with Crippen LogP contribution in [0.5, 0.6) is 5.75 Å². The molecule has 1 unspecified atom stereocenters.